The molecule has 29 heavy (non-hydrogen) atoms. The van der Waals surface area contributed by atoms with E-state index < -0.39 is 0 Å². The summed E-state index contributed by atoms with van der Waals surface area (Å²) in [5.41, 5.74) is 4.06. The fourth-order valence-corrected chi connectivity index (χ4v) is 3.02. The van der Waals surface area contributed by atoms with Crippen LogP contribution in [0, 0.1) is 20.8 Å². The summed E-state index contributed by atoms with van der Waals surface area (Å²) in [6, 6.07) is 10.8. The first kappa shape index (κ1) is 20.4. The van der Waals surface area contributed by atoms with Crippen molar-refractivity contribution in [2.45, 2.75) is 20.8 Å². The molecule has 152 valence electrons. The van der Waals surface area contributed by atoms with Gasteiger partial charge >= 0.3 is 0 Å². The van der Waals surface area contributed by atoms with Gasteiger partial charge in [-0.05, 0) is 61.7 Å². The summed E-state index contributed by atoms with van der Waals surface area (Å²) in [6.45, 7) is 6.66. The average Bonchev–Trinajstić information content (AvgIpc) is 2.70. The Morgan fingerprint density at radius 3 is 2.55 bits per heavy atom. The molecule has 0 unspecified atom stereocenters. The minimum absolute atomic E-state index is 0.0399. The van der Waals surface area contributed by atoms with Gasteiger partial charge in [-0.3, -0.25) is 14.4 Å². The Morgan fingerprint density at radius 2 is 1.83 bits per heavy atom. The number of rotatable bonds is 5. The molecule has 1 aliphatic rings. The Morgan fingerprint density at radius 1 is 1.07 bits per heavy atom. The molecule has 3 rings (SSSR count). The second kappa shape index (κ2) is 8.77. The van der Waals surface area contributed by atoms with Crippen molar-refractivity contribution in [3.63, 3.8) is 0 Å². The molecule has 1 heterocycles. The highest BCUT2D eigenvalue weighted by Crippen LogP contribution is 2.19. The molecule has 1 saturated heterocycles. The number of benzene rings is 2. The molecule has 0 bridgehead atoms. The van der Waals surface area contributed by atoms with Crippen LogP contribution in [0.5, 0.6) is 5.75 Å². The van der Waals surface area contributed by atoms with Crippen molar-refractivity contribution in [1.29, 1.82) is 0 Å². The molecule has 0 radical (unpaired) electrons. The van der Waals surface area contributed by atoms with Crippen LogP contribution in [0.15, 0.2) is 36.4 Å². The molecule has 1 fully saturated rings. The molecule has 0 aromatic heterocycles. The van der Waals surface area contributed by atoms with Gasteiger partial charge in [0.05, 0.1) is 6.54 Å². The molecule has 2 aromatic rings. The van der Waals surface area contributed by atoms with Gasteiger partial charge in [-0.1, -0.05) is 12.1 Å². The van der Waals surface area contributed by atoms with E-state index in [0.717, 1.165) is 16.7 Å². The minimum Gasteiger partial charge on any atom is -0.484 e. The van der Waals surface area contributed by atoms with Gasteiger partial charge in [0.2, 0.25) is 5.91 Å². The number of carbonyl (C=O) groups is 3. The van der Waals surface area contributed by atoms with Gasteiger partial charge < -0.3 is 20.3 Å². The zero-order chi connectivity index (χ0) is 21.0. The van der Waals surface area contributed by atoms with Gasteiger partial charge in [-0.2, -0.15) is 0 Å². The van der Waals surface area contributed by atoms with Gasteiger partial charge in [-0.25, -0.2) is 0 Å². The summed E-state index contributed by atoms with van der Waals surface area (Å²) in [5.74, 6) is -0.0870. The summed E-state index contributed by atoms with van der Waals surface area (Å²) in [4.78, 5) is 38.0. The van der Waals surface area contributed by atoms with Crippen LogP contribution in [0.1, 0.15) is 27.0 Å². The van der Waals surface area contributed by atoms with E-state index in [1.54, 1.807) is 18.2 Å². The van der Waals surface area contributed by atoms with Crippen LogP contribution in [0.4, 0.5) is 5.69 Å². The standard InChI is InChI=1S/C22H25N3O4/c1-14-5-7-18(10-16(14)3)29-13-21(27)24-19-11-17(6-4-15(19)2)22(28)25-9-8-23-20(26)12-25/h4-7,10-11H,8-9,12-13H2,1-3H3,(H,23,26)(H,24,27). The number of carbonyl (C=O) groups excluding carboxylic acids is 3. The van der Waals surface area contributed by atoms with E-state index in [9.17, 15) is 14.4 Å². The molecule has 7 heteroatoms. The lowest BCUT2D eigenvalue weighted by Gasteiger charge is -2.27. The first-order chi connectivity index (χ1) is 13.8. The van der Waals surface area contributed by atoms with Gasteiger partial charge in [0.1, 0.15) is 5.75 Å². The third-order valence-corrected chi connectivity index (χ3v) is 4.93. The summed E-state index contributed by atoms with van der Waals surface area (Å²) in [7, 11) is 0. The number of aryl methyl sites for hydroxylation is 3. The highest BCUT2D eigenvalue weighted by molar-refractivity contribution is 5.99. The predicted molar refractivity (Wildman–Crippen MR) is 110 cm³/mol. The third kappa shape index (κ3) is 5.13. The Kier molecular flexibility index (Phi) is 6.16. The molecular weight excluding hydrogens is 370 g/mol. The number of amides is 3. The first-order valence-corrected chi connectivity index (χ1v) is 9.50. The SMILES string of the molecule is Cc1ccc(OCC(=O)Nc2cc(C(=O)N3CCNC(=O)C3)ccc2C)cc1C. The maximum absolute atomic E-state index is 12.7. The summed E-state index contributed by atoms with van der Waals surface area (Å²) in [6.07, 6.45) is 0. The normalized spacial score (nSPS) is 13.6. The van der Waals surface area contributed by atoms with Crippen LogP contribution in [0.2, 0.25) is 0 Å². The lowest BCUT2D eigenvalue weighted by Crippen LogP contribution is -2.49. The number of ether oxygens (including phenoxy) is 1. The summed E-state index contributed by atoms with van der Waals surface area (Å²) >= 11 is 0. The van der Waals surface area contributed by atoms with Crippen molar-refractivity contribution in [1.82, 2.24) is 10.2 Å². The van der Waals surface area contributed by atoms with Crippen LogP contribution < -0.4 is 15.4 Å². The second-order valence-corrected chi connectivity index (χ2v) is 7.19. The van der Waals surface area contributed by atoms with Gasteiger partial charge in [-0.15, -0.1) is 0 Å². The topological polar surface area (TPSA) is 87.7 Å². The Balaban J connectivity index is 1.64. The predicted octanol–water partition coefficient (Wildman–Crippen LogP) is 2.20. The largest absolute Gasteiger partial charge is 0.484 e. The van der Waals surface area contributed by atoms with Crippen LogP contribution in [0.25, 0.3) is 0 Å². The Bertz CT molecular complexity index is 955. The van der Waals surface area contributed by atoms with Crippen molar-refractivity contribution in [3.8, 4) is 5.75 Å². The first-order valence-electron chi connectivity index (χ1n) is 9.50. The molecule has 7 nitrogen and oxygen atoms in total. The lowest BCUT2D eigenvalue weighted by atomic mass is 10.1. The van der Waals surface area contributed by atoms with Crippen molar-refractivity contribution < 1.29 is 19.1 Å². The highest BCUT2D eigenvalue weighted by atomic mass is 16.5. The van der Waals surface area contributed by atoms with E-state index in [4.69, 9.17) is 4.74 Å². The zero-order valence-electron chi connectivity index (χ0n) is 16.9. The van der Waals surface area contributed by atoms with E-state index >= 15 is 0 Å². The average molecular weight is 395 g/mol. The Hall–Kier alpha value is -3.35. The van der Waals surface area contributed by atoms with Gasteiger partial charge in [0.25, 0.3) is 11.8 Å². The summed E-state index contributed by atoms with van der Waals surface area (Å²) in [5, 5.41) is 5.49. The molecule has 0 aliphatic carbocycles. The summed E-state index contributed by atoms with van der Waals surface area (Å²) < 4.78 is 5.57. The molecule has 3 amide bonds. The van der Waals surface area contributed by atoms with Crippen LogP contribution in [0.3, 0.4) is 0 Å². The molecule has 0 spiro atoms. The minimum atomic E-state index is -0.312. The quantitative estimate of drug-likeness (QED) is 0.813. The monoisotopic (exact) mass is 395 g/mol. The van der Waals surface area contributed by atoms with Crippen molar-refractivity contribution in [2.75, 3.05) is 31.6 Å². The van der Waals surface area contributed by atoms with Crippen LogP contribution >= 0.6 is 0 Å². The maximum atomic E-state index is 12.7. The number of anilines is 1. The number of hydrogen-bond donors (Lipinski definition) is 2. The van der Waals surface area contributed by atoms with Crippen LogP contribution in [-0.4, -0.2) is 48.9 Å². The van der Waals surface area contributed by atoms with Gasteiger partial charge in [0.15, 0.2) is 6.61 Å². The molecule has 1 aliphatic heterocycles. The maximum Gasteiger partial charge on any atom is 0.262 e. The van der Waals surface area contributed by atoms with E-state index in [1.807, 2.05) is 39.0 Å². The molecule has 0 atom stereocenters. The number of nitrogens with zero attached hydrogens (tertiary/aromatic N) is 1. The van der Waals surface area contributed by atoms with E-state index in [1.165, 1.54) is 4.90 Å². The van der Waals surface area contributed by atoms with E-state index in [-0.39, 0.29) is 30.9 Å². The lowest BCUT2D eigenvalue weighted by molar-refractivity contribution is -0.123. The van der Waals surface area contributed by atoms with Gasteiger partial charge in [0, 0.05) is 24.3 Å². The zero-order valence-corrected chi connectivity index (χ0v) is 16.9. The Labute approximate surface area is 170 Å². The number of piperazine rings is 1. The molecule has 0 saturated carbocycles. The fourth-order valence-electron chi connectivity index (χ4n) is 3.02. The molecule has 2 aromatic carbocycles. The van der Waals surface area contributed by atoms with E-state index in [2.05, 4.69) is 10.6 Å². The second-order valence-electron chi connectivity index (χ2n) is 7.19. The van der Waals surface area contributed by atoms with Crippen molar-refractivity contribution in [3.05, 3.63) is 58.7 Å². The number of hydrogen-bond acceptors (Lipinski definition) is 4. The smallest absolute Gasteiger partial charge is 0.262 e. The fraction of sp³-hybridized carbons (Fsp3) is 0.318. The highest BCUT2D eigenvalue weighted by Gasteiger charge is 2.22. The molecular formula is C22H25N3O4. The third-order valence-electron chi connectivity index (χ3n) is 4.93. The van der Waals surface area contributed by atoms with Crippen LogP contribution in [-0.2, 0) is 9.59 Å². The molecule has 2 N–H and O–H groups in total. The van der Waals surface area contributed by atoms with E-state index in [0.29, 0.717) is 30.1 Å². The number of nitrogens with one attached hydrogen (secondary N) is 2. The van der Waals surface area contributed by atoms with Crippen molar-refractivity contribution in [2.24, 2.45) is 0 Å². The van der Waals surface area contributed by atoms with Crippen molar-refractivity contribution >= 4 is 23.4 Å².